The van der Waals surface area contributed by atoms with E-state index in [4.69, 9.17) is 10.8 Å². The Kier molecular flexibility index (Phi) is 7.99. The molecule has 0 unspecified atom stereocenters. The molecule has 0 spiro atoms. The Hall–Kier alpha value is -7.39. The van der Waals surface area contributed by atoms with Crippen molar-refractivity contribution in [2.45, 2.75) is 19.8 Å². The standard InChI is InChI=1S/C54H35NO/c1-3-17-36(33-55)37(4-2)52-43-24-12-14-26-45(43)53(46-27-15-13-25-44(46)52)48-29-16-28-47-38-31-30-35(32-49(38)56-54(47)48)51-41-22-10-8-20-39(41)50(34-18-6-5-7-19-34)40-21-9-11-23-42(40)51/h1,4,6,8-32H,5,7H2,2H3/b36-17-,37-4+. The first-order valence-electron chi connectivity index (χ1n) is 19.1. The molecule has 0 fully saturated rings. The third kappa shape index (κ3) is 5.05. The van der Waals surface area contributed by atoms with Gasteiger partial charge in [-0.1, -0.05) is 152 Å². The Morgan fingerprint density at radius 2 is 1.20 bits per heavy atom. The summed E-state index contributed by atoms with van der Waals surface area (Å²) in [6.45, 7) is 1.96. The third-order valence-electron chi connectivity index (χ3n) is 11.4. The van der Waals surface area contributed by atoms with Crippen LogP contribution in [0.25, 0.3) is 98.4 Å². The van der Waals surface area contributed by atoms with E-state index < -0.39 is 0 Å². The van der Waals surface area contributed by atoms with Gasteiger partial charge in [0.2, 0.25) is 0 Å². The summed E-state index contributed by atoms with van der Waals surface area (Å²) in [5, 5.41) is 21.5. The largest absolute Gasteiger partial charge is 0.455 e. The molecule has 2 nitrogen and oxygen atoms in total. The van der Waals surface area contributed by atoms with Gasteiger partial charge in [-0.05, 0) is 108 Å². The Bertz CT molecular complexity index is 3220. The van der Waals surface area contributed by atoms with Crippen LogP contribution in [0.5, 0.6) is 0 Å². The maximum atomic E-state index is 10.2. The van der Waals surface area contributed by atoms with E-state index in [-0.39, 0.29) is 0 Å². The van der Waals surface area contributed by atoms with Crippen LogP contribution in [0.15, 0.2) is 174 Å². The second-order valence-electron chi connectivity index (χ2n) is 14.4. The van der Waals surface area contributed by atoms with E-state index in [0.29, 0.717) is 5.57 Å². The van der Waals surface area contributed by atoms with Crippen molar-refractivity contribution in [2.24, 2.45) is 0 Å². The van der Waals surface area contributed by atoms with Crippen LogP contribution in [0.3, 0.4) is 0 Å². The lowest BCUT2D eigenvalue weighted by molar-refractivity contribution is 0.670. The molecule has 56 heavy (non-hydrogen) atoms. The van der Waals surface area contributed by atoms with Gasteiger partial charge in [0.25, 0.3) is 0 Å². The van der Waals surface area contributed by atoms with E-state index in [2.05, 4.69) is 164 Å². The SMILES string of the molecule is C#C/C=C(C#N)\C(=C/C)c1c2ccccc2c(-c2cccc3c2oc2cc(-c4c5ccccc5c(C5=CCCC=C5)c5ccccc45)ccc23)c2ccccc12. The van der Waals surface area contributed by atoms with E-state index in [1.807, 2.05) is 13.0 Å². The van der Waals surface area contributed by atoms with Gasteiger partial charge in [-0.3, -0.25) is 0 Å². The summed E-state index contributed by atoms with van der Waals surface area (Å²) >= 11 is 0. The highest BCUT2D eigenvalue weighted by Crippen LogP contribution is 2.48. The molecule has 0 saturated carbocycles. The first kappa shape index (κ1) is 33.2. The van der Waals surface area contributed by atoms with Gasteiger partial charge in [0.05, 0.1) is 5.57 Å². The van der Waals surface area contributed by atoms with Crippen molar-refractivity contribution < 1.29 is 4.42 Å². The minimum absolute atomic E-state index is 0.464. The zero-order valence-electron chi connectivity index (χ0n) is 30.9. The highest BCUT2D eigenvalue weighted by molar-refractivity contribution is 6.24. The number of rotatable bonds is 5. The number of nitrogens with zero attached hydrogens (tertiary/aromatic N) is 1. The van der Waals surface area contributed by atoms with Crippen LogP contribution in [0.1, 0.15) is 30.9 Å². The van der Waals surface area contributed by atoms with Gasteiger partial charge in [-0.25, -0.2) is 0 Å². The number of hydrogen-bond donors (Lipinski definition) is 0. The highest BCUT2D eigenvalue weighted by Gasteiger charge is 2.23. The molecule has 1 aromatic heterocycles. The molecule has 1 aliphatic carbocycles. The van der Waals surface area contributed by atoms with Gasteiger partial charge < -0.3 is 4.42 Å². The normalized spacial score (nSPS) is 13.5. The lowest BCUT2D eigenvalue weighted by Crippen LogP contribution is -1.95. The van der Waals surface area contributed by atoms with Crippen LogP contribution in [0.2, 0.25) is 0 Å². The minimum atomic E-state index is 0.464. The first-order valence-corrected chi connectivity index (χ1v) is 19.1. The molecule has 0 radical (unpaired) electrons. The molecule has 2 heteroatoms. The molecule has 0 N–H and O–H groups in total. The van der Waals surface area contributed by atoms with E-state index in [1.165, 1.54) is 38.2 Å². The number of furan rings is 1. The van der Waals surface area contributed by atoms with E-state index in [1.54, 1.807) is 6.08 Å². The van der Waals surface area contributed by atoms with Crippen LogP contribution in [-0.4, -0.2) is 0 Å². The summed E-state index contributed by atoms with van der Waals surface area (Å²) in [5.74, 6) is 2.57. The summed E-state index contributed by atoms with van der Waals surface area (Å²) in [7, 11) is 0. The fourth-order valence-electron chi connectivity index (χ4n) is 9.10. The zero-order valence-corrected chi connectivity index (χ0v) is 30.9. The molecule has 0 atom stereocenters. The topological polar surface area (TPSA) is 36.9 Å². The number of allylic oxidation sites excluding steroid dienone is 8. The predicted molar refractivity (Wildman–Crippen MR) is 237 cm³/mol. The zero-order chi connectivity index (χ0) is 37.8. The van der Waals surface area contributed by atoms with Crippen molar-refractivity contribution in [1.29, 1.82) is 5.26 Å². The van der Waals surface area contributed by atoms with Crippen LogP contribution in [0, 0.1) is 23.7 Å². The average molecular weight is 714 g/mol. The summed E-state index contributed by atoms with van der Waals surface area (Å²) in [5.41, 5.74) is 11.0. The molecule has 8 aromatic carbocycles. The Labute approximate surface area is 325 Å². The Morgan fingerprint density at radius 3 is 1.75 bits per heavy atom. The molecule has 0 amide bonds. The Morgan fingerprint density at radius 1 is 0.625 bits per heavy atom. The number of terminal acetylenes is 1. The van der Waals surface area contributed by atoms with Gasteiger partial charge in [0, 0.05) is 28.0 Å². The molecule has 262 valence electrons. The molecule has 0 saturated heterocycles. The summed E-state index contributed by atoms with van der Waals surface area (Å²) in [4.78, 5) is 0. The second kappa shape index (κ2) is 13.5. The number of para-hydroxylation sites is 1. The van der Waals surface area contributed by atoms with Crippen molar-refractivity contribution in [1.82, 2.24) is 0 Å². The maximum Gasteiger partial charge on any atom is 0.143 e. The molecular weight excluding hydrogens is 679 g/mol. The number of hydrogen-bond acceptors (Lipinski definition) is 2. The molecule has 9 aromatic rings. The summed E-state index contributed by atoms with van der Waals surface area (Å²) in [6.07, 6.45) is 18.3. The molecule has 1 heterocycles. The highest BCUT2D eigenvalue weighted by atomic mass is 16.3. The molecule has 0 bridgehead atoms. The molecular formula is C54H35NO. The van der Waals surface area contributed by atoms with Crippen molar-refractivity contribution in [3.05, 3.63) is 181 Å². The molecule has 10 rings (SSSR count). The lowest BCUT2D eigenvalue weighted by Gasteiger charge is -2.19. The van der Waals surface area contributed by atoms with Gasteiger partial charge >= 0.3 is 0 Å². The number of benzene rings is 8. The molecule has 0 aliphatic heterocycles. The van der Waals surface area contributed by atoms with E-state index in [9.17, 15) is 5.26 Å². The van der Waals surface area contributed by atoms with Crippen molar-refractivity contribution in [3.63, 3.8) is 0 Å². The van der Waals surface area contributed by atoms with Gasteiger partial charge in [-0.15, -0.1) is 6.42 Å². The van der Waals surface area contributed by atoms with Gasteiger partial charge in [0.15, 0.2) is 0 Å². The first-order chi connectivity index (χ1) is 27.7. The molecule has 1 aliphatic rings. The van der Waals surface area contributed by atoms with E-state index in [0.717, 1.165) is 84.2 Å². The van der Waals surface area contributed by atoms with Crippen LogP contribution in [-0.2, 0) is 0 Å². The van der Waals surface area contributed by atoms with Crippen LogP contribution < -0.4 is 0 Å². The monoisotopic (exact) mass is 713 g/mol. The van der Waals surface area contributed by atoms with Crippen molar-refractivity contribution >= 4 is 76.2 Å². The second-order valence-corrected chi connectivity index (χ2v) is 14.4. The fraction of sp³-hybridized carbons (Fsp3) is 0.0556. The maximum absolute atomic E-state index is 10.2. The van der Waals surface area contributed by atoms with Gasteiger partial charge in [-0.2, -0.15) is 5.26 Å². The average Bonchev–Trinajstić information content (AvgIpc) is 3.64. The van der Waals surface area contributed by atoms with Gasteiger partial charge in [0.1, 0.15) is 17.2 Å². The Balaban J connectivity index is 1.23. The van der Waals surface area contributed by atoms with Crippen LogP contribution >= 0.6 is 0 Å². The van der Waals surface area contributed by atoms with Crippen molar-refractivity contribution in [3.8, 4) is 40.7 Å². The smallest absolute Gasteiger partial charge is 0.143 e. The quantitative estimate of drug-likeness (QED) is 0.0771. The number of fused-ring (bicyclic) bond motifs is 7. The lowest BCUT2D eigenvalue weighted by atomic mass is 9.83. The van der Waals surface area contributed by atoms with E-state index >= 15 is 0 Å². The summed E-state index contributed by atoms with van der Waals surface area (Å²) in [6, 6.07) is 50.1. The summed E-state index contributed by atoms with van der Waals surface area (Å²) < 4.78 is 7.02. The number of nitriles is 1. The predicted octanol–water partition coefficient (Wildman–Crippen LogP) is 14.8. The minimum Gasteiger partial charge on any atom is -0.455 e. The van der Waals surface area contributed by atoms with Crippen LogP contribution in [0.4, 0.5) is 0 Å². The van der Waals surface area contributed by atoms with Crippen molar-refractivity contribution in [2.75, 3.05) is 0 Å². The third-order valence-corrected chi connectivity index (χ3v) is 11.4. The fourth-order valence-corrected chi connectivity index (χ4v) is 9.10.